The van der Waals surface area contributed by atoms with Crippen LogP contribution < -0.4 is 30.9 Å². The third-order valence-electron chi connectivity index (χ3n) is 12.7. The Morgan fingerprint density at radius 3 is 1.48 bits per heavy atom. The minimum absolute atomic E-state index is 0.140. The number of para-hydroxylation sites is 2. The molecule has 5 heteroatoms. The first-order chi connectivity index (χ1) is 32.1. The Balaban J connectivity index is 0.886. The molecule has 0 saturated heterocycles. The molecule has 10 aromatic carbocycles. The topological polar surface area (TPSA) is 34.4 Å². The summed E-state index contributed by atoms with van der Waals surface area (Å²) in [6, 6.07) is 86.9. The summed E-state index contributed by atoms with van der Waals surface area (Å²) >= 11 is 0. The van der Waals surface area contributed by atoms with E-state index >= 15 is 0 Å². The van der Waals surface area contributed by atoms with E-state index in [0.29, 0.717) is 28.1 Å². The molecule has 0 aliphatic carbocycles. The van der Waals surface area contributed by atoms with Crippen LogP contribution in [-0.4, -0.2) is 25.6 Å². The van der Waals surface area contributed by atoms with Gasteiger partial charge in [0.05, 0.1) is 11.0 Å². The smallest absolute Gasteiger partial charge is 0.179 e. The number of phenolic OH excluding ortho intramolecular Hbond substituents is 1. The fourth-order valence-electron chi connectivity index (χ4n) is 9.67. The van der Waals surface area contributed by atoms with Gasteiger partial charge >= 0.3 is 0 Å². The van der Waals surface area contributed by atoms with Crippen molar-refractivity contribution < 1.29 is 9.84 Å². The number of rotatable bonds is 10. The van der Waals surface area contributed by atoms with Crippen molar-refractivity contribution >= 4 is 63.9 Å². The lowest BCUT2D eigenvalue weighted by Gasteiger charge is -2.34. The van der Waals surface area contributed by atoms with Gasteiger partial charge in [0.25, 0.3) is 0 Å². The molecule has 3 nitrogen and oxygen atoms in total. The lowest BCUT2D eigenvalue weighted by molar-refractivity contribution is 0.477. The summed E-state index contributed by atoms with van der Waals surface area (Å²) in [5.41, 5.74) is 9.28. The Hall–Kier alpha value is -8.12. The summed E-state index contributed by atoms with van der Waals surface area (Å²) in [6.45, 7) is 0. The number of aromatic nitrogens is 1. The second-order valence-corrected chi connectivity index (χ2v) is 20.2. The zero-order chi connectivity index (χ0) is 43.7. The number of phenols is 1. The van der Waals surface area contributed by atoms with Gasteiger partial charge in [-0.1, -0.05) is 200 Å². The second-order valence-electron chi connectivity index (χ2n) is 16.4. The number of benzene rings is 10. The quantitative estimate of drug-likeness (QED) is 0.110. The van der Waals surface area contributed by atoms with Gasteiger partial charge in [-0.3, -0.25) is 0 Å². The minimum Gasteiger partial charge on any atom is -0.507 e. The normalized spacial score (nSPS) is 11.5. The Morgan fingerprint density at radius 1 is 0.385 bits per heavy atom. The van der Waals surface area contributed by atoms with Crippen LogP contribution in [0.25, 0.3) is 60.9 Å². The van der Waals surface area contributed by atoms with E-state index in [4.69, 9.17) is 12.6 Å². The van der Waals surface area contributed by atoms with Crippen LogP contribution in [-0.2, 0) is 0 Å². The van der Waals surface area contributed by atoms with Crippen molar-refractivity contribution in [2.24, 2.45) is 0 Å². The van der Waals surface area contributed by atoms with Crippen LogP contribution >= 0.6 is 0 Å². The predicted octanol–water partition coefficient (Wildman–Crippen LogP) is 11.5. The van der Waals surface area contributed by atoms with Gasteiger partial charge in [-0.05, 0) is 103 Å². The zero-order valence-corrected chi connectivity index (χ0v) is 36.6. The molecule has 1 heterocycles. The Bertz CT molecular complexity index is 3330. The van der Waals surface area contributed by atoms with E-state index < -0.39 is 8.07 Å². The van der Waals surface area contributed by atoms with Crippen molar-refractivity contribution in [3.8, 4) is 56.3 Å². The highest BCUT2D eigenvalue weighted by Gasteiger charge is 2.41. The molecule has 306 valence electrons. The highest BCUT2D eigenvalue weighted by atomic mass is 28.3. The number of hydrogen-bond donors (Lipinski definition) is 1. The Kier molecular flexibility index (Phi) is 10.3. The van der Waals surface area contributed by atoms with E-state index in [1.54, 1.807) is 0 Å². The van der Waals surface area contributed by atoms with Crippen molar-refractivity contribution in [2.75, 3.05) is 0 Å². The lowest BCUT2D eigenvalue weighted by Crippen LogP contribution is -2.74. The number of fused-ring (bicyclic) bond motifs is 3. The predicted molar refractivity (Wildman–Crippen MR) is 274 cm³/mol. The highest BCUT2D eigenvalue weighted by molar-refractivity contribution is 7.19. The summed E-state index contributed by atoms with van der Waals surface area (Å²) in [4.78, 5) is 0. The molecule has 0 unspecified atom stereocenters. The molecule has 0 aliphatic heterocycles. The van der Waals surface area contributed by atoms with Gasteiger partial charge in [0.2, 0.25) is 0 Å². The van der Waals surface area contributed by atoms with Gasteiger partial charge in [0, 0.05) is 22.0 Å². The standard InChI is InChI=1S/C60H42BNO2Si/c61-60-55(29-16-32-59(60)64-47-19-14-17-43(39-47)42-33-36-46(37-34-42)62-56-30-12-10-27-52(56)53-28-11-13-31-57(53)62)54-38-35-45(41-58(54)63)44-18-15-26-51(40-44)65(48-20-4-1-5-21-48,49-22-6-2-7-23-49)50-24-8-3-9-25-50/h1-41,63H. The van der Waals surface area contributed by atoms with Crippen molar-refractivity contribution in [1.29, 1.82) is 0 Å². The monoisotopic (exact) mass is 847 g/mol. The SMILES string of the molecule is [B]c1c(Oc2cccc(-c3ccc(-n4c5ccccc5c5ccccc54)cc3)c2)cccc1-c1ccc(-c2cccc([Si](c3ccccc3)(c3ccccc3)c3ccccc3)c2)cc1O. The highest BCUT2D eigenvalue weighted by Crippen LogP contribution is 2.36. The van der Waals surface area contributed by atoms with Crippen molar-refractivity contribution in [2.45, 2.75) is 0 Å². The molecule has 0 atom stereocenters. The van der Waals surface area contributed by atoms with Gasteiger partial charge in [-0.25, -0.2) is 0 Å². The molecule has 0 fully saturated rings. The van der Waals surface area contributed by atoms with Crippen LogP contribution in [0.1, 0.15) is 0 Å². The van der Waals surface area contributed by atoms with Crippen molar-refractivity contribution in [3.63, 3.8) is 0 Å². The molecular formula is C60H42BNO2Si. The molecular weight excluding hydrogens is 806 g/mol. The van der Waals surface area contributed by atoms with E-state index in [1.807, 2.05) is 48.5 Å². The minimum atomic E-state index is -2.73. The average molecular weight is 848 g/mol. The molecule has 0 aliphatic rings. The Labute approximate surface area is 381 Å². The zero-order valence-electron chi connectivity index (χ0n) is 35.6. The van der Waals surface area contributed by atoms with Gasteiger partial charge in [0.15, 0.2) is 8.07 Å². The summed E-state index contributed by atoms with van der Waals surface area (Å²) in [5, 5.41) is 19.4. The molecule has 1 aromatic heterocycles. The average Bonchev–Trinajstić information content (AvgIpc) is 3.71. The van der Waals surface area contributed by atoms with Crippen LogP contribution in [0.5, 0.6) is 17.2 Å². The fourth-order valence-corrected chi connectivity index (χ4v) is 14.5. The molecule has 1 N–H and O–H groups in total. The molecule has 2 radical (unpaired) electrons. The molecule has 65 heavy (non-hydrogen) atoms. The molecule has 11 aromatic rings. The first kappa shape index (κ1) is 39.7. The van der Waals surface area contributed by atoms with Crippen LogP contribution in [0.3, 0.4) is 0 Å². The first-order valence-electron chi connectivity index (χ1n) is 21.9. The maximum atomic E-state index is 11.7. The summed E-state index contributed by atoms with van der Waals surface area (Å²) < 4.78 is 8.82. The third kappa shape index (κ3) is 7.13. The number of hydrogen-bond acceptors (Lipinski definition) is 2. The van der Waals surface area contributed by atoms with Crippen LogP contribution in [0, 0.1) is 0 Å². The molecule has 0 saturated carbocycles. The van der Waals surface area contributed by atoms with E-state index in [1.165, 1.54) is 42.6 Å². The van der Waals surface area contributed by atoms with Gasteiger partial charge in [-0.2, -0.15) is 0 Å². The Morgan fingerprint density at radius 2 is 0.877 bits per heavy atom. The third-order valence-corrected chi connectivity index (χ3v) is 17.5. The summed E-state index contributed by atoms with van der Waals surface area (Å²) in [6.07, 6.45) is 0. The van der Waals surface area contributed by atoms with Gasteiger partial charge < -0.3 is 14.4 Å². The number of ether oxygens (including phenoxy) is 1. The largest absolute Gasteiger partial charge is 0.507 e. The van der Waals surface area contributed by atoms with Gasteiger partial charge in [-0.15, -0.1) is 0 Å². The summed E-state index contributed by atoms with van der Waals surface area (Å²) in [7, 11) is 4.14. The maximum absolute atomic E-state index is 11.7. The van der Waals surface area contributed by atoms with E-state index in [-0.39, 0.29) is 5.75 Å². The van der Waals surface area contributed by atoms with Crippen molar-refractivity contribution in [1.82, 2.24) is 4.57 Å². The van der Waals surface area contributed by atoms with E-state index in [0.717, 1.165) is 27.9 Å². The van der Waals surface area contributed by atoms with Crippen LogP contribution in [0.4, 0.5) is 0 Å². The number of nitrogens with zero attached hydrogens (tertiary/aromatic N) is 1. The first-order valence-corrected chi connectivity index (χ1v) is 23.9. The second kappa shape index (κ2) is 16.9. The van der Waals surface area contributed by atoms with E-state index in [9.17, 15) is 5.11 Å². The van der Waals surface area contributed by atoms with E-state index in [2.05, 4.69) is 205 Å². The molecule has 11 rings (SSSR count). The lowest BCUT2D eigenvalue weighted by atomic mass is 9.85. The molecule has 0 amide bonds. The van der Waals surface area contributed by atoms with Gasteiger partial charge in [0.1, 0.15) is 25.1 Å². The molecule has 0 bridgehead atoms. The van der Waals surface area contributed by atoms with Crippen molar-refractivity contribution in [3.05, 3.63) is 249 Å². The van der Waals surface area contributed by atoms with Crippen LogP contribution in [0.2, 0.25) is 0 Å². The summed E-state index contributed by atoms with van der Waals surface area (Å²) in [5.74, 6) is 1.32. The maximum Gasteiger partial charge on any atom is 0.179 e. The van der Waals surface area contributed by atoms with Crippen LogP contribution in [0.15, 0.2) is 249 Å². The molecule has 0 spiro atoms. The number of aromatic hydroxyl groups is 1. The fraction of sp³-hybridized carbons (Fsp3) is 0.